The van der Waals surface area contributed by atoms with Crippen molar-refractivity contribution in [2.75, 3.05) is 12.5 Å². The lowest BCUT2D eigenvalue weighted by Crippen LogP contribution is -2.29. The SMILES string of the molecule is CCC(/C=C/C[C@](C)(Br)C(CC)CO)CCl. The zero-order valence-electron chi connectivity index (χ0n) is 10.5. The molecule has 0 aliphatic rings. The lowest BCUT2D eigenvalue weighted by atomic mass is 9.89. The van der Waals surface area contributed by atoms with Gasteiger partial charge in [-0.3, -0.25) is 0 Å². The van der Waals surface area contributed by atoms with E-state index >= 15 is 0 Å². The fourth-order valence-electron chi connectivity index (χ4n) is 1.70. The highest BCUT2D eigenvalue weighted by molar-refractivity contribution is 9.10. The van der Waals surface area contributed by atoms with Gasteiger partial charge in [-0.2, -0.15) is 0 Å². The van der Waals surface area contributed by atoms with Crippen LogP contribution in [0.5, 0.6) is 0 Å². The van der Waals surface area contributed by atoms with Crippen molar-refractivity contribution in [1.82, 2.24) is 0 Å². The van der Waals surface area contributed by atoms with Crippen molar-refractivity contribution in [3.63, 3.8) is 0 Å². The van der Waals surface area contributed by atoms with Gasteiger partial charge in [0.2, 0.25) is 0 Å². The van der Waals surface area contributed by atoms with Crippen molar-refractivity contribution in [3.05, 3.63) is 12.2 Å². The number of halogens is 2. The Morgan fingerprint density at radius 1 is 1.38 bits per heavy atom. The summed E-state index contributed by atoms with van der Waals surface area (Å²) in [5.74, 6) is 1.45. The molecule has 1 N–H and O–H groups in total. The summed E-state index contributed by atoms with van der Waals surface area (Å²) in [7, 11) is 0. The maximum Gasteiger partial charge on any atom is 0.0472 e. The van der Waals surface area contributed by atoms with E-state index in [-0.39, 0.29) is 10.9 Å². The minimum atomic E-state index is -0.0163. The van der Waals surface area contributed by atoms with Gasteiger partial charge in [-0.15, -0.1) is 11.6 Å². The number of alkyl halides is 2. The van der Waals surface area contributed by atoms with Crippen LogP contribution in [0.25, 0.3) is 0 Å². The van der Waals surface area contributed by atoms with Crippen molar-refractivity contribution in [2.45, 2.75) is 44.4 Å². The smallest absolute Gasteiger partial charge is 0.0472 e. The summed E-state index contributed by atoms with van der Waals surface area (Å²) in [5.41, 5.74) is 0. The molecule has 0 saturated carbocycles. The molecular weight excluding hydrogens is 287 g/mol. The van der Waals surface area contributed by atoms with Crippen LogP contribution in [-0.4, -0.2) is 21.9 Å². The zero-order valence-corrected chi connectivity index (χ0v) is 12.9. The Bertz CT molecular complexity index is 196. The van der Waals surface area contributed by atoms with Crippen LogP contribution in [0.15, 0.2) is 12.2 Å². The molecule has 0 fully saturated rings. The van der Waals surface area contributed by atoms with Crippen molar-refractivity contribution < 1.29 is 5.11 Å². The van der Waals surface area contributed by atoms with E-state index in [9.17, 15) is 5.11 Å². The molecule has 0 aromatic rings. The molecule has 1 nitrogen and oxygen atoms in total. The Balaban J connectivity index is 4.25. The zero-order chi connectivity index (χ0) is 12.6. The standard InChI is InChI=1S/C13H24BrClO/c1-4-11(9-15)7-6-8-13(3,14)12(5-2)10-16/h6-7,11-12,16H,4-5,8-10H2,1-3H3/b7-6+/t11?,12?,13-/m0/s1. The molecule has 96 valence electrons. The van der Waals surface area contributed by atoms with Crippen LogP contribution < -0.4 is 0 Å². The van der Waals surface area contributed by atoms with Crippen LogP contribution in [0.2, 0.25) is 0 Å². The molecular formula is C13H24BrClO. The minimum Gasteiger partial charge on any atom is -0.396 e. The highest BCUT2D eigenvalue weighted by Gasteiger charge is 2.28. The summed E-state index contributed by atoms with van der Waals surface area (Å²) < 4.78 is -0.0163. The number of aliphatic hydroxyl groups is 1. The third kappa shape index (κ3) is 5.70. The van der Waals surface area contributed by atoms with Gasteiger partial charge in [-0.05, 0) is 38.0 Å². The number of hydrogen-bond donors (Lipinski definition) is 1. The van der Waals surface area contributed by atoms with E-state index in [1.165, 1.54) is 0 Å². The summed E-state index contributed by atoms with van der Waals surface area (Å²) in [6, 6.07) is 0. The molecule has 0 radical (unpaired) electrons. The molecule has 0 aromatic carbocycles. The molecule has 16 heavy (non-hydrogen) atoms. The Hall–Kier alpha value is 0.470. The third-order valence-electron chi connectivity index (χ3n) is 3.21. The predicted octanol–water partition coefficient (Wildman–Crippen LogP) is 4.37. The summed E-state index contributed by atoms with van der Waals surface area (Å²) in [5, 5.41) is 9.29. The van der Waals surface area contributed by atoms with Gasteiger partial charge in [-0.1, -0.05) is 41.9 Å². The van der Waals surface area contributed by atoms with E-state index in [0.29, 0.717) is 17.7 Å². The van der Waals surface area contributed by atoms with Crippen LogP contribution in [-0.2, 0) is 0 Å². The number of hydrogen-bond acceptors (Lipinski definition) is 1. The second kappa shape index (κ2) is 8.54. The molecule has 0 amide bonds. The predicted molar refractivity (Wildman–Crippen MR) is 76.5 cm³/mol. The molecule has 2 unspecified atom stereocenters. The van der Waals surface area contributed by atoms with Crippen molar-refractivity contribution in [3.8, 4) is 0 Å². The monoisotopic (exact) mass is 310 g/mol. The first-order valence-electron chi connectivity index (χ1n) is 6.04. The molecule has 0 bridgehead atoms. The molecule has 0 heterocycles. The highest BCUT2D eigenvalue weighted by atomic mass is 79.9. The first kappa shape index (κ1) is 16.5. The average molecular weight is 312 g/mol. The summed E-state index contributed by atoms with van der Waals surface area (Å²) >= 11 is 9.55. The molecule has 0 aliphatic heterocycles. The molecule has 3 atom stereocenters. The molecule has 0 saturated heterocycles. The van der Waals surface area contributed by atoms with Crippen LogP contribution >= 0.6 is 27.5 Å². The Morgan fingerprint density at radius 3 is 2.38 bits per heavy atom. The molecule has 0 aliphatic carbocycles. The van der Waals surface area contributed by atoms with Gasteiger partial charge in [-0.25, -0.2) is 0 Å². The van der Waals surface area contributed by atoms with Crippen LogP contribution in [0.1, 0.15) is 40.0 Å². The van der Waals surface area contributed by atoms with E-state index < -0.39 is 0 Å². The number of aliphatic hydroxyl groups excluding tert-OH is 1. The maximum atomic E-state index is 9.29. The molecule has 3 heteroatoms. The van der Waals surface area contributed by atoms with Gasteiger partial charge in [0, 0.05) is 16.8 Å². The summed E-state index contributed by atoms with van der Waals surface area (Å²) in [4.78, 5) is 0. The van der Waals surface area contributed by atoms with E-state index in [1.807, 2.05) is 0 Å². The third-order valence-corrected chi connectivity index (χ3v) is 4.58. The van der Waals surface area contributed by atoms with Crippen molar-refractivity contribution in [1.29, 1.82) is 0 Å². The van der Waals surface area contributed by atoms with Crippen LogP contribution in [0, 0.1) is 11.8 Å². The lowest BCUT2D eigenvalue weighted by molar-refractivity contribution is 0.195. The van der Waals surface area contributed by atoms with Gasteiger partial charge in [0.15, 0.2) is 0 Å². The minimum absolute atomic E-state index is 0.0163. The van der Waals surface area contributed by atoms with Crippen LogP contribution in [0.4, 0.5) is 0 Å². The first-order valence-corrected chi connectivity index (χ1v) is 7.36. The topological polar surface area (TPSA) is 20.2 Å². The fraction of sp³-hybridized carbons (Fsp3) is 0.846. The average Bonchev–Trinajstić information content (AvgIpc) is 2.25. The number of rotatable bonds is 8. The number of allylic oxidation sites excluding steroid dienone is 2. The van der Waals surface area contributed by atoms with Gasteiger partial charge in [0.05, 0.1) is 0 Å². The molecule has 0 aromatic heterocycles. The summed E-state index contributed by atoms with van der Waals surface area (Å²) in [6.07, 6.45) is 7.37. The van der Waals surface area contributed by atoms with E-state index in [1.54, 1.807) is 0 Å². The van der Waals surface area contributed by atoms with E-state index in [0.717, 1.165) is 19.3 Å². The van der Waals surface area contributed by atoms with Gasteiger partial charge >= 0.3 is 0 Å². The van der Waals surface area contributed by atoms with Gasteiger partial charge in [0.1, 0.15) is 0 Å². The fourth-order valence-corrected chi connectivity index (χ4v) is 2.68. The van der Waals surface area contributed by atoms with Gasteiger partial charge < -0.3 is 5.11 Å². The molecule has 0 spiro atoms. The quantitative estimate of drug-likeness (QED) is 0.521. The highest BCUT2D eigenvalue weighted by Crippen LogP contribution is 2.33. The Labute approximate surface area is 113 Å². The Morgan fingerprint density at radius 2 is 2.00 bits per heavy atom. The van der Waals surface area contributed by atoms with Crippen molar-refractivity contribution in [2.24, 2.45) is 11.8 Å². The Kier molecular flexibility index (Phi) is 8.80. The molecule has 0 rings (SSSR count). The largest absolute Gasteiger partial charge is 0.396 e. The second-order valence-corrected chi connectivity index (χ2v) is 6.64. The normalized spacial score (nSPS) is 19.6. The van der Waals surface area contributed by atoms with Crippen molar-refractivity contribution >= 4 is 27.5 Å². The van der Waals surface area contributed by atoms with Gasteiger partial charge in [0.25, 0.3) is 0 Å². The van der Waals surface area contributed by atoms with Crippen LogP contribution in [0.3, 0.4) is 0 Å². The summed E-state index contributed by atoms with van der Waals surface area (Å²) in [6.45, 7) is 6.63. The lowest BCUT2D eigenvalue weighted by Gasteiger charge is -2.29. The maximum absolute atomic E-state index is 9.29. The van der Waals surface area contributed by atoms with E-state index in [2.05, 4.69) is 48.9 Å². The second-order valence-electron chi connectivity index (χ2n) is 4.52. The first-order chi connectivity index (χ1) is 7.51. The van der Waals surface area contributed by atoms with E-state index in [4.69, 9.17) is 11.6 Å².